The lowest BCUT2D eigenvalue weighted by Crippen LogP contribution is -2.36. The quantitative estimate of drug-likeness (QED) is 0.715. The van der Waals surface area contributed by atoms with Gasteiger partial charge in [0.05, 0.1) is 10.1 Å². The maximum Gasteiger partial charge on any atom is 0.224 e. The molecular weight excluding hydrogens is 344 g/mol. The van der Waals surface area contributed by atoms with Crippen molar-refractivity contribution in [2.45, 2.75) is 63.5 Å². The van der Waals surface area contributed by atoms with Crippen LogP contribution in [0, 0.1) is 5.92 Å². The van der Waals surface area contributed by atoms with Gasteiger partial charge in [0.15, 0.2) is 0 Å². The lowest BCUT2D eigenvalue weighted by atomic mass is 9.84. The van der Waals surface area contributed by atoms with Crippen LogP contribution in [0.15, 0.2) is 10.7 Å². The van der Waals surface area contributed by atoms with Crippen LogP contribution in [0.25, 0.3) is 0 Å². The molecule has 5 nitrogen and oxygen atoms in total. The Balaban J connectivity index is 1.55. The smallest absolute Gasteiger partial charge is 0.224 e. The van der Waals surface area contributed by atoms with Crippen LogP contribution in [0.4, 0.5) is 11.8 Å². The highest BCUT2D eigenvalue weighted by Gasteiger charge is 2.29. The van der Waals surface area contributed by atoms with Crippen LogP contribution in [0.2, 0.25) is 0 Å². The minimum absolute atomic E-state index is 0.366. The highest BCUT2D eigenvalue weighted by Crippen LogP contribution is 2.32. The maximum absolute atomic E-state index is 10.0. The van der Waals surface area contributed by atoms with Crippen LogP contribution in [0.5, 0.6) is 0 Å². The summed E-state index contributed by atoms with van der Waals surface area (Å²) in [6, 6.07) is 0.366. The summed E-state index contributed by atoms with van der Waals surface area (Å²) >= 11 is 3.52. The van der Waals surface area contributed by atoms with Gasteiger partial charge >= 0.3 is 0 Å². The molecule has 0 atom stereocenters. The fourth-order valence-electron chi connectivity index (χ4n) is 2.93. The number of rotatable bonds is 6. The summed E-state index contributed by atoms with van der Waals surface area (Å²) in [4.78, 5) is 8.90. The third kappa shape index (κ3) is 4.56. The van der Waals surface area contributed by atoms with Crippen LogP contribution >= 0.6 is 15.9 Å². The van der Waals surface area contributed by atoms with E-state index in [0.717, 1.165) is 48.4 Å². The number of nitrogens with zero attached hydrogens (tertiary/aromatic N) is 2. The van der Waals surface area contributed by atoms with Gasteiger partial charge in [-0.3, -0.25) is 0 Å². The second-order valence-electron chi connectivity index (χ2n) is 6.96. The molecule has 2 aliphatic carbocycles. The average molecular weight is 369 g/mol. The van der Waals surface area contributed by atoms with E-state index >= 15 is 0 Å². The molecule has 0 aliphatic heterocycles. The molecule has 2 aliphatic rings. The van der Waals surface area contributed by atoms with Gasteiger partial charge in [-0.1, -0.05) is 12.8 Å². The molecule has 1 heterocycles. The van der Waals surface area contributed by atoms with Gasteiger partial charge in [-0.2, -0.15) is 4.98 Å². The summed E-state index contributed by atoms with van der Waals surface area (Å²) in [5.74, 6) is 2.44. The van der Waals surface area contributed by atoms with Gasteiger partial charge in [-0.25, -0.2) is 4.98 Å². The summed E-state index contributed by atoms with van der Waals surface area (Å²) in [6.07, 6.45) is 9.36. The van der Waals surface area contributed by atoms with Crippen LogP contribution in [-0.4, -0.2) is 33.3 Å². The van der Waals surface area contributed by atoms with E-state index in [4.69, 9.17) is 0 Å². The normalized spacial score (nSPS) is 28.4. The van der Waals surface area contributed by atoms with E-state index in [1.807, 2.05) is 6.92 Å². The molecule has 0 bridgehead atoms. The Kier molecular flexibility index (Phi) is 4.88. The van der Waals surface area contributed by atoms with Crippen molar-refractivity contribution in [1.29, 1.82) is 0 Å². The van der Waals surface area contributed by atoms with Gasteiger partial charge in [-0.15, -0.1) is 0 Å². The van der Waals surface area contributed by atoms with Gasteiger partial charge in [0.25, 0.3) is 0 Å². The number of hydrogen-bond donors (Lipinski definition) is 3. The molecule has 3 N–H and O–H groups in total. The molecule has 0 radical (unpaired) electrons. The maximum atomic E-state index is 10.0. The van der Waals surface area contributed by atoms with Crippen molar-refractivity contribution in [3.05, 3.63) is 10.7 Å². The Bertz CT molecular complexity index is 509. The molecular formula is C16H25BrN4O. The van der Waals surface area contributed by atoms with E-state index in [1.165, 1.54) is 19.3 Å². The summed E-state index contributed by atoms with van der Waals surface area (Å²) in [5.41, 5.74) is -0.503. The lowest BCUT2D eigenvalue weighted by molar-refractivity contribution is 0.0196. The summed E-state index contributed by atoms with van der Waals surface area (Å²) in [7, 11) is 0. The summed E-state index contributed by atoms with van der Waals surface area (Å²) in [5, 5.41) is 16.8. The monoisotopic (exact) mass is 368 g/mol. The molecule has 122 valence electrons. The van der Waals surface area contributed by atoms with Crippen molar-refractivity contribution >= 4 is 27.7 Å². The third-order valence-electron chi connectivity index (χ3n) is 4.68. The zero-order valence-corrected chi connectivity index (χ0v) is 14.7. The SMILES string of the molecule is CC1(O)CCC(Nc2nc(NCCC3CC3)ncc2Br)CC1. The molecule has 0 amide bonds. The molecule has 1 aromatic heterocycles. The number of nitrogens with one attached hydrogen (secondary N) is 2. The van der Waals surface area contributed by atoms with Gasteiger partial charge in [0, 0.05) is 18.8 Å². The van der Waals surface area contributed by atoms with Gasteiger partial charge in [0.1, 0.15) is 5.82 Å². The topological polar surface area (TPSA) is 70.1 Å². The lowest BCUT2D eigenvalue weighted by Gasteiger charge is -2.33. The molecule has 1 aromatic rings. The van der Waals surface area contributed by atoms with Crippen molar-refractivity contribution < 1.29 is 5.11 Å². The van der Waals surface area contributed by atoms with Crippen molar-refractivity contribution in [1.82, 2.24) is 9.97 Å². The Morgan fingerprint density at radius 3 is 2.73 bits per heavy atom. The second kappa shape index (κ2) is 6.71. The number of hydrogen-bond acceptors (Lipinski definition) is 5. The van der Waals surface area contributed by atoms with Crippen LogP contribution in [0.3, 0.4) is 0 Å². The van der Waals surface area contributed by atoms with Crippen LogP contribution in [-0.2, 0) is 0 Å². The first-order chi connectivity index (χ1) is 10.5. The van der Waals surface area contributed by atoms with Gasteiger partial charge < -0.3 is 15.7 Å². The zero-order valence-electron chi connectivity index (χ0n) is 13.1. The molecule has 0 saturated heterocycles. The Morgan fingerprint density at radius 2 is 2.05 bits per heavy atom. The average Bonchev–Trinajstić information content (AvgIpc) is 3.29. The summed E-state index contributed by atoms with van der Waals surface area (Å²) < 4.78 is 0.887. The molecule has 0 unspecified atom stereocenters. The van der Waals surface area contributed by atoms with E-state index in [1.54, 1.807) is 6.20 Å². The predicted molar refractivity (Wildman–Crippen MR) is 92.1 cm³/mol. The first kappa shape index (κ1) is 16.0. The van der Waals surface area contributed by atoms with Gasteiger partial charge in [-0.05, 0) is 60.9 Å². The molecule has 22 heavy (non-hydrogen) atoms. The van der Waals surface area contributed by atoms with Crippen molar-refractivity contribution in [3.63, 3.8) is 0 Å². The minimum atomic E-state index is -0.503. The Labute approximate surface area is 140 Å². The third-order valence-corrected chi connectivity index (χ3v) is 5.26. The second-order valence-corrected chi connectivity index (χ2v) is 7.82. The fraction of sp³-hybridized carbons (Fsp3) is 0.750. The molecule has 2 fully saturated rings. The highest BCUT2D eigenvalue weighted by molar-refractivity contribution is 9.10. The molecule has 0 spiro atoms. The van der Waals surface area contributed by atoms with E-state index in [9.17, 15) is 5.11 Å². The largest absolute Gasteiger partial charge is 0.390 e. The van der Waals surface area contributed by atoms with Crippen molar-refractivity contribution in [2.75, 3.05) is 17.2 Å². The number of anilines is 2. The first-order valence-electron chi connectivity index (χ1n) is 8.27. The Morgan fingerprint density at radius 1 is 1.32 bits per heavy atom. The Hall–Kier alpha value is -0.880. The summed E-state index contributed by atoms with van der Waals surface area (Å²) in [6.45, 7) is 2.86. The molecule has 3 rings (SSSR count). The van der Waals surface area contributed by atoms with E-state index in [-0.39, 0.29) is 0 Å². The van der Waals surface area contributed by atoms with Crippen molar-refractivity contribution in [2.24, 2.45) is 5.92 Å². The zero-order chi connectivity index (χ0) is 15.6. The van der Waals surface area contributed by atoms with E-state index < -0.39 is 5.60 Å². The molecule has 0 aromatic carbocycles. The highest BCUT2D eigenvalue weighted by atomic mass is 79.9. The molecule has 2 saturated carbocycles. The van der Waals surface area contributed by atoms with Crippen LogP contribution < -0.4 is 10.6 Å². The van der Waals surface area contributed by atoms with Crippen molar-refractivity contribution in [3.8, 4) is 0 Å². The van der Waals surface area contributed by atoms with E-state index in [2.05, 4.69) is 36.5 Å². The standard InChI is InChI=1S/C16H25BrN4O/c1-16(22)7-4-12(5-8-16)20-14-13(17)10-19-15(21-14)18-9-6-11-2-3-11/h10-12,22H,2-9H2,1H3,(H2,18,19,20,21). The number of aliphatic hydroxyl groups is 1. The minimum Gasteiger partial charge on any atom is -0.390 e. The van der Waals surface area contributed by atoms with Gasteiger partial charge in [0.2, 0.25) is 5.95 Å². The predicted octanol–water partition coefficient (Wildman–Crippen LogP) is 3.56. The number of aromatic nitrogens is 2. The molecule has 6 heteroatoms. The fourth-order valence-corrected chi connectivity index (χ4v) is 3.23. The van der Waals surface area contributed by atoms with Crippen LogP contribution in [0.1, 0.15) is 51.9 Å². The van der Waals surface area contributed by atoms with E-state index in [0.29, 0.717) is 12.0 Å². The number of halogens is 1. The first-order valence-corrected chi connectivity index (χ1v) is 9.06.